The van der Waals surface area contributed by atoms with Gasteiger partial charge in [-0.2, -0.15) is 0 Å². The summed E-state index contributed by atoms with van der Waals surface area (Å²) in [6.45, 7) is 6.67. The molecule has 0 saturated carbocycles. The van der Waals surface area contributed by atoms with Crippen LogP contribution < -0.4 is 4.74 Å². The lowest BCUT2D eigenvalue weighted by molar-refractivity contribution is 0.102. The molecule has 0 unspecified atom stereocenters. The molecule has 1 heterocycles. The van der Waals surface area contributed by atoms with Gasteiger partial charge >= 0.3 is 0 Å². The monoisotopic (exact) mass is 416 g/mol. The molecule has 0 aliphatic heterocycles. The van der Waals surface area contributed by atoms with Gasteiger partial charge in [0.1, 0.15) is 5.75 Å². The lowest BCUT2D eigenvalue weighted by Gasteiger charge is -2.19. The fourth-order valence-electron chi connectivity index (χ4n) is 2.40. The van der Waals surface area contributed by atoms with Crippen LogP contribution in [0.2, 0.25) is 5.02 Å². The fourth-order valence-corrected chi connectivity index (χ4v) is 3.20. The Balaban J connectivity index is 1.50. The van der Waals surface area contributed by atoms with Gasteiger partial charge in [-0.15, -0.1) is 10.2 Å². The van der Waals surface area contributed by atoms with Crippen LogP contribution in [0.1, 0.15) is 42.6 Å². The van der Waals surface area contributed by atoms with Gasteiger partial charge in [0.25, 0.3) is 11.1 Å². The Morgan fingerprint density at radius 1 is 1.07 bits per heavy atom. The average molecular weight is 417 g/mol. The highest BCUT2D eigenvalue weighted by molar-refractivity contribution is 7.99. The SMILES string of the molecule is CC(C)(C)c1ccc(OCc2nnc(SCC(=O)c3ccc(Cl)cc3)o2)cc1. The second-order valence-corrected chi connectivity index (χ2v) is 8.61. The minimum atomic E-state index is -0.0309. The quantitative estimate of drug-likeness (QED) is 0.370. The highest BCUT2D eigenvalue weighted by atomic mass is 35.5. The van der Waals surface area contributed by atoms with Gasteiger partial charge in [-0.1, -0.05) is 56.3 Å². The van der Waals surface area contributed by atoms with Gasteiger partial charge in [-0.25, -0.2) is 0 Å². The Morgan fingerprint density at radius 2 is 1.75 bits per heavy atom. The zero-order chi connectivity index (χ0) is 20.1. The van der Waals surface area contributed by atoms with Crippen LogP contribution in [0, 0.1) is 0 Å². The second kappa shape index (κ2) is 8.80. The van der Waals surface area contributed by atoms with Crippen LogP contribution in [0.15, 0.2) is 58.2 Å². The van der Waals surface area contributed by atoms with Gasteiger partial charge in [0.05, 0.1) is 5.75 Å². The summed E-state index contributed by atoms with van der Waals surface area (Å²) in [6, 6.07) is 14.7. The molecule has 0 saturated heterocycles. The summed E-state index contributed by atoms with van der Waals surface area (Å²) in [4.78, 5) is 12.2. The summed E-state index contributed by atoms with van der Waals surface area (Å²) >= 11 is 7.03. The van der Waals surface area contributed by atoms with Crippen molar-refractivity contribution in [3.8, 4) is 5.75 Å². The van der Waals surface area contributed by atoms with Crippen molar-refractivity contribution in [2.75, 3.05) is 5.75 Å². The van der Waals surface area contributed by atoms with E-state index in [4.69, 9.17) is 20.8 Å². The molecular weight excluding hydrogens is 396 g/mol. The molecule has 2 aromatic carbocycles. The number of benzene rings is 2. The van der Waals surface area contributed by atoms with E-state index in [1.165, 1.54) is 17.3 Å². The number of nitrogens with zero attached hydrogens (tertiary/aromatic N) is 2. The first kappa shape index (κ1) is 20.4. The van der Waals surface area contributed by atoms with Crippen LogP contribution in [0.25, 0.3) is 0 Å². The highest BCUT2D eigenvalue weighted by Crippen LogP contribution is 2.25. The molecule has 0 atom stereocenters. The largest absolute Gasteiger partial charge is 0.484 e. The molecule has 1 aromatic heterocycles. The average Bonchev–Trinajstić information content (AvgIpc) is 3.12. The zero-order valence-corrected chi connectivity index (χ0v) is 17.5. The standard InChI is InChI=1S/C21H21ClN2O3S/c1-21(2,3)15-6-10-17(11-7-15)26-12-19-23-24-20(27-19)28-13-18(25)14-4-8-16(22)9-5-14/h4-11H,12-13H2,1-3H3. The van der Waals surface area contributed by atoms with Crippen molar-refractivity contribution < 1.29 is 13.9 Å². The van der Waals surface area contributed by atoms with E-state index in [0.29, 0.717) is 21.7 Å². The number of hydrogen-bond donors (Lipinski definition) is 0. The van der Waals surface area contributed by atoms with Crippen LogP contribution in [-0.4, -0.2) is 21.7 Å². The van der Waals surface area contributed by atoms with E-state index >= 15 is 0 Å². The molecule has 146 valence electrons. The summed E-state index contributed by atoms with van der Waals surface area (Å²) in [7, 11) is 0. The Bertz CT molecular complexity index is 932. The molecule has 0 aliphatic carbocycles. The normalized spacial score (nSPS) is 11.4. The van der Waals surface area contributed by atoms with Crippen molar-refractivity contribution in [2.24, 2.45) is 0 Å². The topological polar surface area (TPSA) is 65.2 Å². The predicted octanol–water partition coefficient (Wildman–Crippen LogP) is 5.57. The minimum absolute atomic E-state index is 0.0309. The van der Waals surface area contributed by atoms with Crippen LogP contribution in [0.3, 0.4) is 0 Å². The minimum Gasteiger partial charge on any atom is -0.484 e. The van der Waals surface area contributed by atoms with Crippen molar-refractivity contribution in [3.05, 3.63) is 70.6 Å². The number of halogens is 1. The molecule has 3 rings (SSSR count). The molecule has 0 radical (unpaired) electrons. The van der Waals surface area contributed by atoms with E-state index in [2.05, 4.69) is 31.0 Å². The Morgan fingerprint density at radius 3 is 2.39 bits per heavy atom. The molecule has 28 heavy (non-hydrogen) atoms. The number of ether oxygens (including phenoxy) is 1. The third kappa shape index (κ3) is 5.59. The maximum absolute atomic E-state index is 12.2. The number of rotatable bonds is 7. The molecule has 0 N–H and O–H groups in total. The summed E-state index contributed by atoms with van der Waals surface area (Å²) < 4.78 is 11.2. The number of ketones is 1. The number of hydrogen-bond acceptors (Lipinski definition) is 6. The van der Waals surface area contributed by atoms with E-state index in [1.807, 2.05) is 24.3 Å². The van der Waals surface area contributed by atoms with Gasteiger partial charge in [0.15, 0.2) is 12.4 Å². The zero-order valence-electron chi connectivity index (χ0n) is 15.9. The molecule has 0 bridgehead atoms. The van der Waals surface area contributed by atoms with Crippen molar-refractivity contribution >= 4 is 29.1 Å². The second-order valence-electron chi connectivity index (χ2n) is 7.24. The van der Waals surface area contributed by atoms with Crippen LogP contribution in [0.4, 0.5) is 0 Å². The van der Waals surface area contributed by atoms with Crippen molar-refractivity contribution in [3.63, 3.8) is 0 Å². The lowest BCUT2D eigenvalue weighted by Crippen LogP contribution is -2.10. The van der Waals surface area contributed by atoms with Gasteiger partial charge in [0, 0.05) is 10.6 Å². The van der Waals surface area contributed by atoms with Gasteiger partial charge in [0.2, 0.25) is 0 Å². The highest BCUT2D eigenvalue weighted by Gasteiger charge is 2.14. The van der Waals surface area contributed by atoms with E-state index in [0.717, 1.165) is 5.75 Å². The molecule has 0 fully saturated rings. The number of carbonyl (C=O) groups is 1. The molecule has 0 spiro atoms. The molecule has 5 nitrogen and oxygen atoms in total. The van der Waals surface area contributed by atoms with E-state index in [9.17, 15) is 4.79 Å². The third-order valence-corrected chi connectivity index (χ3v) is 5.09. The number of carbonyl (C=O) groups excluding carboxylic acids is 1. The molecule has 7 heteroatoms. The maximum atomic E-state index is 12.2. The van der Waals surface area contributed by atoms with Crippen LogP contribution >= 0.6 is 23.4 Å². The predicted molar refractivity (Wildman–Crippen MR) is 110 cm³/mol. The molecule has 0 amide bonds. The first-order valence-electron chi connectivity index (χ1n) is 8.78. The summed E-state index contributed by atoms with van der Waals surface area (Å²) in [5, 5.41) is 8.84. The Hall–Kier alpha value is -2.31. The number of thioether (sulfide) groups is 1. The van der Waals surface area contributed by atoms with Crippen molar-refractivity contribution in [2.45, 2.75) is 38.0 Å². The first-order valence-corrected chi connectivity index (χ1v) is 10.1. The fraction of sp³-hybridized carbons (Fsp3) is 0.286. The smallest absolute Gasteiger partial charge is 0.277 e. The number of aromatic nitrogens is 2. The van der Waals surface area contributed by atoms with Gasteiger partial charge in [-0.3, -0.25) is 4.79 Å². The maximum Gasteiger partial charge on any atom is 0.277 e. The Labute approximate surface area is 173 Å². The summed E-state index contributed by atoms with van der Waals surface area (Å²) in [5.41, 5.74) is 1.93. The summed E-state index contributed by atoms with van der Waals surface area (Å²) in [5.74, 6) is 1.27. The Kier molecular flexibility index (Phi) is 6.42. The van der Waals surface area contributed by atoms with Crippen molar-refractivity contribution in [1.82, 2.24) is 10.2 Å². The van der Waals surface area contributed by atoms with Crippen molar-refractivity contribution in [1.29, 1.82) is 0 Å². The van der Waals surface area contributed by atoms with Crippen LogP contribution in [-0.2, 0) is 12.0 Å². The summed E-state index contributed by atoms with van der Waals surface area (Å²) in [6.07, 6.45) is 0. The van der Waals surface area contributed by atoms with Gasteiger partial charge in [-0.05, 0) is 47.4 Å². The van der Waals surface area contributed by atoms with E-state index in [-0.39, 0.29) is 23.6 Å². The third-order valence-electron chi connectivity index (χ3n) is 4.02. The molecule has 3 aromatic rings. The first-order chi connectivity index (χ1) is 13.3. The lowest BCUT2D eigenvalue weighted by atomic mass is 9.87. The number of Topliss-reactive ketones (excluding diaryl/α,β-unsaturated/α-hetero) is 1. The van der Waals surface area contributed by atoms with Crippen LogP contribution in [0.5, 0.6) is 5.75 Å². The molecular formula is C21H21ClN2O3S. The van der Waals surface area contributed by atoms with E-state index in [1.54, 1.807) is 24.3 Å². The molecule has 0 aliphatic rings. The van der Waals surface area contributed by atoms with Gasteiger partial charge < -0.3 is 9.15 Å². The van der Waals surface area contributed by atoms with E-state index < -0.39 is 0 Å².